The molecule has 3 aromatic carbocycles. The molecule has 1 N–H and O–H groups in total. The Morgan fingerprint density at radius 3 is 2.35 bits per heavy atom. The highest BCUT2D eigenvalue weighted by Crippen LogP contribution is 2.34. The number of non-ortho nitro benzene ring substituents is 1. The standard InChI is InChI=1S/C26H26IN3O7/c1-4-35-22-11-8-19(14-23(22)36-5-2)26(31)29-28-15-18-12-21(27)25(24(13-18)34-3)37-16-17-6-9-20(10-7-17)30(32)33/h6-15H,4-5,16H2,1-3H3,(H,29,31)/b28-15+. The molecule has 10 nitrogen and oxygen atoms in total. The van der Waals surface area contributed by atoms with Crippen LogP contribution in [0.3, 0.4) is 0 Å². The molecule has 0 saturated heterocycles. The van der Waals surface area contributed by atoms with Crippen LogP contribution in [0, 0.1) is 13.7 Å². The molecule has 0 spiro atoms. The fraction of sp³-hybridized carbons (Fsp3) is 0.231. The summed E-state index contributed by atoms with van der Waals surface area (Å²) in [5, 5.41) is 14.9. The molecular formula is C26H26IN3O7. The minimum atomic E-state index is -0.449. The maximum Gasteiger partial charge on any atom is 0.271 e. The average molecular weight is 619 g/mol. The molecule has 0 aliphatic rings. The normalized spacial score (nSPS) is 10.7. The van der Waals surface area contributed by atoms with Crippen LogP contribution in [0.4, 0.5) is 5.69 Å². The van der Waals surface area contributed by atoms with Crippen molar-refractivity contribution < 1.29 is 28.7 Å². The Morgan fingerprint density at radius 2 is 1.70 bits per heavy atom. The molecular weight excluding hydrogens is 593 g/mol. The van der Waals surface area contributed by atoms with Crippen LogP contribution < -0.4 is 24.4 Å². The van der Waals surface area contributed by atoms with Gasteiger partial charge in [-0.15, -0.1) is 0 Å². The van der Waals surface area contributed by atoms with Crippen molar-refractivity contribution in [1.82, 2.24) is 5.43 Å². The molecule has 11 heteroatoms. The number of ether oxygens (including phenoxy) is 4. The van der Waals surface area contributed by atoms with Crippen LogP contribution in [0.1, 0.15) is 35.3 Å². The SMILES string of the molecule is CCOc1ccc(C(=O)N/N=C/c2cc(I)c(OCc3ccc([N+](=O)[O-])cc3)c(OC)c2)cc1OCC. The monoisotopic (exact) mass is 619 g/mol. The summed E-state index contributed by atoms with van der Waals surface area (Å²) in [4.78, 5) is 23.0. The van der Waals surface area contributed by atoms with Crippen LogP contribution in [0.2, 0.25) is 0 Å². The Hall–Kier alpha value is -3.87. The van der Waals surface area contributed by atoms with E-state index in [1.54, 1.807) is 36.4 Å². The van der Waals surface area contributed by atoms with Gasteiger partial charge in [-0.1, -0.05) is 0 Å². The van der Waals surface area contributed by atoms with Crippen LogP contribution in [0.25, 0.3) is 0 Å². The Kier molecular flexibility index (Phi) is 10.1. The third-order valence-electron chi connectivity index (χ3n) is 4.97. The quantitative estimate of drug-likeness (QED) is 0.126. The van der Waals surface area contributed by atoms with Gasteiger partial charge in [-0.25, -0.2) is 5.43 Å². The smallest absolute Gasteiger partial charge is 0.271 e. The molecule has 0 atom stereocenters. The number of nitro groups is 1. The molecule has 0 aliphatic carbocycles. The van der Waals surface area contributed by atoms with E-state index in [1.807, 2.05) is 19.9 Å². The summed E-state index contributed by atoms with van der Waals surface area (Å²) in [6.45, 7) is 4.86. The van der Waals surface area contributed by atoms with Gasteiger partial charge in [-0.3, -0.25) is 14.9 Å². The van der Waals surface area contributed by atoms with Gasteiger partial charge in [-0.2, -0.15) is 5.10 Å². The third-order valence-corrected chi connectivity index (χ3v) is 5.77. The summed E-state index contributed by atoms with van der Waals surface area (Å²) in [5.74, 6) is 1.67. The summed E-state index contributed by atoms with van der Waals surface area (Å²) in [5.41, 5.74) is 4.37. The van der Waals surface area contributed by atoms with Gasteiger partial charge in [0.2, 0.25) is 0 Å². The zero-order valence-electron chi connectivity index (χ0n) is 20.5. The second-order valence-electron chi connectivity index (χ2n) is 7.47. The van der Waals surface area contributed by atoms with Crippen molar-refractivity contribution in [2.45, 2.75) is 20.5 Å². The first-order valence-corrected chi connectivity index (χ1v) is 12.4. The van der Waals surface area contributed by atoms with Gasteiger partial charge in [0.1, 0.15) is 6.61 Å². The maximum absolute atomic E-state index is 12.6. The summed E-state index contributed by atoms with van der Waals surface area (Å²) in [6, 6.07) is 14.6. The van der Waals surface area contributed by atoms with Crippen molar-refractivity contribution in [1.29, 1.82) is 0 Å². The van der Waals surface area contributed by atoms with Crippen molar-refractivity contribution >= 4 is 40.4 Å². The van der Waals surface area contributed by atoms with Gasteiger partial charge in [-0.05, 0) is 90.0 Å². The Balaban J connectivity index is 1.67. The summed E-state index contributed by atoms with van der Waals surface area (Å²) in [7, 11) is 1.52. The lowest BCUT2D eigenvalue weighted by Crippen LogP contribution is -2.17. The van der Waals surface area contributed by atoms with E-state index in [2.05, 4.69) is 33.1 Å². The molecule has 1 amide bonds. The van der Waals surface area contributed by atoms with Crippen LogP contribution in [0.15, 0.2) is 59.7 Å². The van der Waals surface area contributed by atoms with E-state index in [-0.39, 0.29) is 12.3 Å². The first-order valence-electron chi connectivity index (χ1n) is 11.3. The largest absolute Gasteiger partial charge is 0.493 e. The van der Waals surface area contributed by atoms with Crippen LogP contribution in [-0.4, -0.2) is 37.4 Å². The number of hydrazone groups is 1. The van der Waals surface area contributed by atoms with E-state index in [4.69, 9.17) is 18.9 Å². The molecule has 194 valence electrons. The molecule has 0 aliphatic heterocycles. The zero-order valence-corrected chi connectivity index (χ0v) is 22.7. The van der Waals surface area contributed by atoms with Crippen molar-refractivity contribution in [3.63, 3.8) is 0 Å². The van der Waals surface area contributed by atoms with Gasteiger partial charge in [0.25, 0.3) is 11.6 Å². The van der Waals surface area contributed by atoms with Gasteiger partial charge >= 0.3 is 0 Å². The van der Waals surface area contributed by atoms with Crippen LogP contribution >= 0.6 is 22.6 Å². The van der Waals surface area contributed by atoms with Gasteiger partial charge < -0.3 is 18.9 Å². The van der Waals surface area contributed by atoms with E-state index in [9.17, 15) is 14.9 Å². The highest BCUT2D eigenvalue weighted by atomic mass is 127. The Morgan fingerprint density at radius 1 is 1.00 bits per heavy atom. The van der Waals surface area contributed by atoms with E-state index >= 15 is 0 Å². The average Bonchev–Trinajstić information content (AvgIpc) is 2.89. The summed E-state index contributed by atoms with van der Waals surface area (Å²) in [6.07, 6.45) is 1.50. The summed E-state index contributed by atoms with van der Waals surface area (Å²) < 4.78 is 23.3. The third kappa shape index (κ3) is 7.56. The molecule has 3 aromatic rings. The highest BCUT2D eigenvalue weighted by molar-refractivity contribution is 14.1. The number of carbonyl (C=O) groups excluding carboxylic acids is 1. The van der Waals surface area contributed by atoms with Crippen molar-refractivity contribution in [3.8, 4) is 23.0 Å². The van der Waals surface area contributed by atoms with Crippen molar-refractivity contribution in [2.75, 3.05) is 20.3 Å². The van der Waals surface area contributed by atoms with Gasteiger partial charge in [0, 0.05) is 17.7 Å². The number of halogens is 1. The number of carbonyl (C=O) groups is 1. The number of hydrogen-bond acceptors (Lipinski definition) is 8. The minimum absolute atomic E-state index is 0.0175. The molecule has 0 radical (unpaired) electrons. The van der Waals surface area contributed by atoms with Crippen LogP contribution in [-0.2, 0) is 6.61 Å². The predicted octanol–water partition coefficient (Wildman–Crippen LogP) is 5.35. The number of rotatable bonds is 12. The summed E-state index contributed by atoms with van der Waals surface area (Å²) >= 11 is 2.12. The number of amides is 1. The highest BCUT2D eigenvalue weighted by Gasteiger charge is 2.13. The van der Waals surface area contributed by atoms with E-state index in [0.29, 0.717) is 47.3 Å². The number of benzene rings is 3. The zero-order chi connectivity index (χ0) is 26.8. The van der Waals surface area contributed by atoms with E-state index in [1.165, 1.54) is 25.5 Å². The molecule has 0 saturated carbocycles. The number of nitrogens with one attached hydrogen (secondary N) is 1. The van der Waals surface area contributed by atoms with Gasteiger partial charge in [0.15, 0.2) is 23.0 Å². The molecule has 3 rings (SSSR count). The molecule has 37 heavy (non-hydrogen) atoms. The van der Waals surface area contributed by atoms with E-state index < -0.39 is 10.8 Å². The van der Waals surface area contributed by atoms with Crippen molar-refractivity contribution in [2.24, 2.45) is 5.10 Å². The fourth-order valence-corrected chi connectivity index (χ4v) is 4.03. The Bertz CT molecular complexity index is 1280. The minimum Gasteiger partial charge on any atom is -0.493 e. The molecule has 0 bridgehead atoms. The first-order chi connectivity index (χ1) is 17.9. The second-order valence-corrected chi connectivity index (χ2v) is 8.64. The maximum atomic E-state index is 12.6. The number of hydrogen-bond donors (Lipinski definition) is 1. The lowest BCUT2D eigenvalue weighted by molar-refractivity contribution is -0.384. The number of methoxy groups -OCH3 is 1. The fourth-order valence-electron chi connectivity index (χ4n) is 3.25. The molecule has 0 aromatic heterocycles. The van der Waals surface area contributed by atoms with Crippen LogP contribution in [0.5, 0.6) is 23.0 Å². The lowest BCUT2D eigenvalue weighted by Gasteiger charge is -2.13. The molecule has 0 unspecified atom stereocenters. The number of nitrogens with zero attached hydrogens (tertiary/aromatic N) is 2. The lowest BCUT2D eigenvalue weighted by atomic mass is 10.2. The number of nitro benzene ring substituents is 1. The Labute approximate surface area is 227 Å². The molecule has 0 fully saturated rings. The van der Waals surface area contributed by atoms with Gasteiger partial charge in [0.05, 0.1) is 35.0 Å². The van der Waals surface area contributed by atoms with E-state index in [0.717, 1.165) is 9.13 Å². The van der Waals surface area contributed by atoms with Crippen molar-refractivity contribution in [3.05, 3.63) is 85.0 Å². The molecule has 0 heterocycles. The predicted molar refractivity (Wildman–Crippen MR) is 147 cm³/mol. The topological polar surface area (TPSA) is 122 Å². The first kappa shape index (κ1) is 27.7. The second kappa shape index (κ2) is 13.4.